The molecule has 3 N–H and O–H groups in total. The average Bonchev–Trinajstić information content (AvgIpc) is 2.94. The van der Waals surface area contributed by atoms with E-state index in [4.69, 9.17) is 5.73 Å². The molecule has 0 saturated heterocycles. The van der Waals surface area contributed by atoms with Crippen LogP contribution in [0.25, 0.3) is 0 Å². The first-order valence-electron chi connectivity index (χ1n) is 5.29. The van der Waals surface area contributed by atoms with Gasteiger partial charge in [-0.05, 0) is 26.8 Å². The van der Waals surface area contributed by atoms with Gasteiger partial charge in [-0.2, -0.15) is 0 Å². The molecule has 5 nitrogen and oxygen atoms in total. The Bertz CT molecular complexity index is 352. The molecule has 94 valence electrons. The van der Waals surface area contributed by atoms with Gasteiger partial charge in [0.1, 0.15) is 5.75 Å². The number of rotatable bonds is 7. The molecule has 0 aromatic rings. The number of sulfonamides is 1. The Balaban J connectivity index is 2.35. The van der Waals surface area contributed by atoms with E-state index in [0.717, 1.165) is 0 Å². The van der Waals surface area contributed by atoms with Gasteiger partial charge in [0, 0.05) is 18.6 Å². The zero-order valence-corrected chi connectivity index (χ0v) is 11.3. The highest BCUT2D eigenvalue weighted by Crippen LogP contribution is 2.26. The molecule has 1 aliphatic carbocycles. The Morgan fingerprint density at radius 3 is 2.62 bits per heavy atom. The molecule has 1 aliphatic rings. The lowest BCUT2D eigenvalue weighted by Gasteiger charge is -2.24. The van der Waals surface area contributed by atoms with Crippen molar-refractivity contribution in [3.63, 3.8) is 0 Å². The molecule has 0 amide bonds. The van der Waals surface area contributed by atoms with E-state index >= 15 is 0 Å². The number of thiocarbonyl (C=S) groups is 1. The molecule has 0 heterocycles. The number of nitrogens with zero attached hydrogens (tertiary/aromatic N) is 1. The third-order valence-electron chi connectivity index (χ3n) is 2.75. The lowest BCUT2D eigenvalue weighted by molar-refractivity contribution is 0.248. The maximum Gasteiger partial charge on any atom is 0.218 e. The van der Waals surface area contributed by atoms with Crippen LogP contribution in [0.5, 0.6) is 0 Å². The highest BCUT2D eigenvalue weighted by molar-refractivity contribution is 7.92. The maximum atomic E-state index is 11.5. The topological polar surface area (TPSA) is 75.4 Å². The first kappa shape index (κ1) is 13.8. The number of nitrogens with one attached hydrogen (secondary N) is 1. The quantitative estimate of drug-likeness (QED) is 0.617. The Hall–Kier alpha value is -0.240. The van der Waals surface area contributed by atoms with Crippen molar-refractivity contribution in [2.75, 3.05) is 19.3 Å². The lowest BCUT2D eigenvalue weighted by atomic mass is 10.3. The monoisotopic (exact) mass is 265 g/mol. The van der Waals surface area contributed by atoms with Gasteiger partial charge in [0.05, 0.1) is 4.99 Å². The van der Waals surface area contributed by atoms with E-state index in [-0.39, 0.29) is 16.8 Å². The molecular weight excluding hydrogens is 246 g/mol. The van der Waals surface area contributed by atoms with Gasteiger partial charge in [0.2, 0.25) is 10.0 Å². The summed E-state index contributed by atoms with van der Waals surface area (Å²) in [6.07, 6.45) is 2.42. The molecule has 1 rings (SSSR count). The van der Waals surface area contributed by atoms with Crippen molar-refractivity contribution in [1.82, 2.24) is 9.62 Å². The summed E-state index contributed by atoms with van der Waals surface area (Å²) < 4.78 is 25.4. The second kappa shape index (κ2) is 5.39. The second-order valence-corrected chi connectivity index (χ2v) is 6.65. The summed E-state index contributed by atoms with van der Waals surface area (Å²) in [4.78, 5) is 2.19. The molecule has 1 unspecified atom stereocenters. The van der Waals surface area contributed by atoms with Crippen molar-refractivity contribution in [2.24, 2.45) is 5.73 Å². The molecule has 0 aliphatic heterocycles. The van der Waals surface area contributed by atoms with Crippen LogP contribution in [0.15, 0.2) is 0 Å². The minimum absolute atomic E-state index is 0.00398. The summed E-state index contributed by atoms with van der Waals surface area (Å²) in [7, 11) is -1.34. The lowest BCUT2D eigenvalue weighted by Crippen LogP contribution is -2.42. The fourth-order valence-electron chi connectivity index (χ4n) is 1.47. The van der Waals surface area contributed by atoms with Crippen LogP contribution in [0.2, 0.25) is 0 Å². The van der Waals surface area contributed by atoms with Crippen molar-refractivity contribution < 1.29 is 8.42 Å². The van der Waals surface area contributed by atoms with E-state index in [1.165, 1.54) is 12.8 Å². The Morgan fingerprint density at radius 1 is 1.62 bits per heavy atom. The van der Waals surface area contributed by atoms with Gasteiger partial charge in [-0.15, -0.1) is 0 Å². The molecule has 0 spiro atoms. The Kier molecular flexibility index (Phi) is 4.66. The minimum Gasteiger partial charge on any atom is -0.392 e. The smallest absolute Gasteiger partial charge is 0.218 e. The molecule has 0 aromatic heterocycles. The molecular formula is C9H19N3O2S2. The molecule has 16 heavy (non-hydrogen) atoms. The zero-order chi connectivity index (χ0) is 12.3. The SMILES string of the molecule is CC(CNS(=O)(=O)CC(N)=S)N(C)C1CC1. The van der Waals surface area contributed by atoms with Crippen LogP contribution in [0.4, 0.5) is 0 Å². The third kappa shape index (κ3) is 4.73. The van der Waals surface area contributed by atoms with E-state index < -0.39 is 10.0 Å². The Labute approximate surface area is 102 Å². The summed E-state index contributed by atoms with van der Waals surface area (Å²) in [6.45, 7) is 2.40. The van der Waals surface area contributed by atoms with Gasteiger partial charge in [0.25, 0.3) is 0 Å². The van der Waals surface area contributed by atoms with E-state index in [0.29, 0.717) is 12.6 Å². The van der Waals surface area contributed by atoms with Gasteiger partial charge in [0.15, 0.2) is 0 Å². The van der Waals surface area contributed by atoms with Gasteiger partial charge >= 0.3 is 0 Å². The number of nitrogens with two attached hydrogens (primary N) is 1. The van der Waals surface area contributed by atoms with Crippen molar-refractivity contribution in [3.8, 4) is 0 Å². The average molecular weight is 265 g/mol. The van der Waals surface area contributed by atoms with Crippen LogP contribution in [-0.2, 0) is 10.0 Å². The van der Waals surface area contributed by atoms with Crippen LogP contribution >= 0.6 is 12.2 Å². The first-order chi connectivity index (χ1) is 7.32. The van der Waals surface area contributed by atoms with E-state index in [9.17, 15) is 8.42 Å². The number of hydrogen-bond donors (Lipinski definition) is 2. The highest BCUT2D eigenvalue weighted by Gasteiger charge is 2.29. The normalized spacial score (nSPS) is 18.7. The van der Waals surface area contributed by atoms with Crippen LogP contribution in [0, 0.1) is 0 Å². The number of hydrogen-bond acceptors (Lipinski definition) is 4. The molecule has 7 heteroatoms. The first-order valence-corrected chi connectivity index (χ1v) is 7.35. The van der Waals surface area contributed by atoms with E-state index in [1.54, 1.807) is 0 Å². The summed E-state index contributed by atoms with van der Waals surface area (Å²) in [5, 5.41) is 0. The molecule has 0 bridgehead atoms. The largest absolute Gasteiger partial charge is 0.392 e. The van der Waals surface area contributed by atoms with Gasteiger partial charge in [-0.1, -0.05) is 12.2 Å². The van der Waals surface area contributed by atoms with Crippen molar-refractivity contribution in [1.29, 1.82) is 0 Å². The standard InChI is InChI=1S/C9H19N3O2S2/c1-7(12(2)8-3-4-8)5-11-16(13,14)6-9(10)15/h7-8,11H,3-6H2,1-2H3,(H2,10,15). The van der Waals surface area contributed by atoms with Gasteiger partial charge in [-0.3, -0.25) is 4.90 Å². The predicted molar refractivity (Wildman–Crippen MR) is 68.8 cm³/mol. The minimum atomic E-state index is -3.36. The fraction of sp³-hybridized carbons (Fsp3) is 0.889. The van der Waals surface area contributed by atoms with Crippen LogP contribution in [0.1, 0.15) is 19.8 Å². The third-order valence-corrected chi connectivity index (χ3v) is 4.37. The van der Waals surface area contributed by atoms with E-state index in [1.807, 2.05) is 14.0 Å². The summed E-state index contributed by atoms with van der Waals surface area (Å²) in [5.41, 5.74) is 5.20. The highest BCUT2D eigenvalue weighted by atomic mass is 32.2. The van der Waals surface area contributed by atoms with Crippen molar-refractivity contribution in [3.05, 3.63) is 0 Å². The van der Waals surface area contributed by atoms with Crippen molar-refractivity contribution in [2.45, 2.75) is 31.8 Å². The summed E-state index contributed by atoms with van der Waals surface area (Å²) in [6, 6.07) is 0.809. The zero-order valence-electron chi connectivity index (χ0n) is 9.64. The summed E-state index contributed by atoms with van der Waals surface area (Å²) in [5.74, 6) is -0.276. The second-order valence-electron chi connectivity index (χ2n) is 4.32. The Morgan fingerprint density at radius 2 is 2.19 bits per heavy atom. The molecule has 1 fully saturated rings. The van der Waals surface area contributed by atoms with Crippen molar-refractivity contribution >= 4 is 27.2 Å². The van der Waals surface area contributed by atoms with Crippen LogP contribution < -0.4 is 10.5 Å². The summed E-state index contributed by atoms with van der Waals surface area (Å²) >= 11 is 4.57. The maximum absolute atomic E-state index is 11.5. The number of likely N-dealkylation sites (N-methyl/N-ethyl adjacent to an activating group) is 1. The van der Waals surface area contributed by atoms with Crippen LogP contribution in [0.3, 0.4) is 0 Å². The predicted octanol–water partition coefficient (Wildman–Crippen LogP) is -0.325. The fourth-order valence-corrected chi connectivity index (χ4v) is 2.91. The van der Waals surface area contributed by atoms with E-state index in [2.05, 4.69) is 21.8 Å². The van der Waals surface area contributed by atoms with Crippen LogP contribution in [-0.4, -0.2) is 49.7 Å². The molecule has 1 saturated carbocycles. The molecule has 0 radical (unpaired) electrons. The molecule has 0 aromatic carbocycles. The van der Waals surface area contributed by atoms with Gasteiger partial charge < -0.3 is 5.73 Å². The molecule has 1 atom stereocenters. The van der Waals surface area contributed by atoms with Gasteiger partial charge in [-0.25, -0.2) is 13.1 Å².